The molecule has 0 saturated carbocycles. The second-order valence-electron chi connectivity index (χ2n) is 4.88. The lowest BCUT2D eigenvalue weighted by Crippen LogP contribution is -2.26. The fraction of sp³-hybridized carbons (Fsp3) is 0.692. The summed E-state index contributed by atoms with van der Waals surface area (Å²) < 4.78 is 0. The smallest absolute Gasteiger partial charge is 0.266 e. The second-order valence-corrected chi connectivity index (χ2v) is 4.88. The van der Waals surface area contributed by atoms with E-state index >= 15 is 0 Å². The quantitative estimate of drug-likeness (QED) is 0.873. The predicted octanol–water partition coefficient (Wildman–Crippen LogP) is 2.18. The standard InChI is InChI=1S/C13H21N3O/c1-2-4-11-5-3-7-16(8-6-11)12-9-13(17)15-14-10-12/h9-11H,2-8H2,1H3,(H,15,17). The van der Waals surface area contributed by atoms with E-state index in [1.54, 1.807) is 12.3 Å². The zero-order chi connectivity index (χ0) is 12.1. The highest BCUT2D eigenvalue weighted by Crippen LogP contribution is 2.24. The van der Waals surface area contributed by atoms with Crippen LogP contribution in [-0.2, 0) is 0 Å². The van der Waals surface area contributed by atoms with Crippen LogP contribution in [0.25, 0.3) is 0 Å². The van der Waals surface area contributed by atoms with Crippen LogP contribution in [0.3, 0.4) is 0 Å². The predicted molar refractivity (Wildman–Crippen MR) is 69.3 cm³/mol. The summed E-state index contributed by atoms with van der Waals surface area (Å²) in [5.41, 5.74) is 0.850. The van der Waals surface area contributed by atoms with Gasteiger partial charge < -0.3 is 4.90 Å². The molecule has 2 rings (SSSR count). The highest BCUT2D eigenvalue weighted by atomic mass is 16.1. The molecule has 4 heteroatoms. The molecular weight excluding hydrogens is 214 g/mol. The van der Waals surface area contributed by atoms with Crippen molar-refractivity contribution in [2.75, 3.05) is 18.0 Å². The first kappa shape index (κ1) is 12.1. The van der Waals surface area contributed by atoms with Gasteiger partial charge in [0.05, 0.1) is 11.9 Å². The van der Waals surface area contributed by atoms with Gasteiger partial charge in [0.2, 0.25) is 0 Å². The SMILES string of the molecule is CCCC1CCCN(c2cn[nH]c(=O)c2)CC1. The lowest BCUT2D eigenvalue weighted by Gasteiger charge is -2.21. The molecule has 1 aliphatic heterocycles. The molecule has 0 amide bonds. The Bertz CT molecular complexity index is 402. The van der Waals surface area contributed by atoms with Crippen molar-refractivity contribution < 1.29 is 0 Å². The molecule has 1 aliphatic rings. The topological polar surface area (TPSA) is 49.0 Å². The Morgan fingerprint density at radius 2 is 2.35 bits per heavy atom. The van der Waals surface area contributed by atoms with Crippen molar-refractivity contribution in [2.45, 2.75) is 39.0 Å². The number of aromatic nitrogens is 2. The summed E-state index contributed by atoms with van der Waals surface area (Å²) in [6.07, 6.45) is 8.14. The lowest BCUT2D eigenvalue weighted by atomic mass is 9.96. The molecule has 0 aliphatic carbocycles. The van der Waals surface area contributed by atoms with Crippen LogP contribution in [0, 0.1) is 5.92 Å². The Morgan fingerprint density at radius 3 is 3.12 bits per heavy atom. The summed E-state index contributed by atoms with van der Waals surface area (Å²) >= 11 is 0. The third-order valence-corrected chi connectivity index (χ3v) is 3.56. The monoisotopic (exact) mass is 235 g/mol. The third-order valence-electron chi connectivity index (χ3n) is 3.56. The minimum absolute atomic E-state index is 0.114. The maximum atomic E-state index is 11.2. The van der Waals surface area contributed by atoms with Gasteiger partial charge in [-0.05, 0) is 25.2 Å². The summed E-state index contributed by atoms with van der Waals surface area (Å²) in [5, 5.41) is 6.29. The number of rotatable bonds is 3. The van der Waals surface area contributed by atoms with Crippen molar-refractivity contribution in [1.29, 1.82) is 0 Å². The molecular formula is C13H21N3O. The highest BCUT2D eigenvalue weighted by Gasteiger charge is 2.16. The summed E-state index contributed by atoms with van der Waals surface area (Å²) in [7, 11) is 0. The number of nitrogens with one attached hydrogen (secondary N) is 1. The van der Waals surface area contributed by atoms with Gasteiger partial charge in [0.1, 0.15) is 0 Å². The van der Waals surface area contributed by atoms with Crippen LogP contribution < -0.4 is 10.5 Å². The van der Waals surface area contributed by atoms with Gasteiger partial charge in [0, 0.05) is 19.2 Å². The number of anilines is 1. The Morgan fingerprint density at radius 1 is 1.47 bits per heavy atom. The minimum atomic E-state index is -0.114. The molecule has 17 heavy (non-hydrogen) atoms. The summed E-state index contributed by atoms with van der Waals surface area (Å²) in [6.45, 7) is 4.35. The van der Waals surface area contributed by atoms with Gasteiger partial charge >= 0.3 is 0 Å². The average Bonchev–Trinajstić information content (AvgIpc) is 2.55. The molecule has 1 N–H and O–H groups in total. The van der Waals surface area contributed by atoms with Crippen LogP contribution in [0.15, 0.2) is 17.1 Å². The lowest BCUT2D eigenvalue weighted by molar-refractivity contribution is 0.435. The van der Waals surface area contributed by atoms with Crippen molar-refractivity contribution >= 4 is 5.69 Å². The van der Waals surface area contributed by atoms with Crippen LogP contribution >= 0.6 is 0 Å². The maximum absolute atomic E-state index is 11.2. The van der Waals surface area contributed by atoms with Crippen molar-refractivity contribution in [2.24, 2.45) is 5.92 Å². The molecule has 0 radical (unpaired) electrons. The number of hydrogen-bond acceptors (Lipinski definition) is 3. The van der Waals surface area contributed by atoms with Crippen molar-refractivity contribution in [1.82, 2.24) is 10.2 Å². The first-order valence-electron chi connectivity index (χ1n) is 6.59. The largest absolute Gasteiger partial charge is 0.370 e. The van der Waals surface area contributed by atoms with E-state index in [1.165, 1.54) is 32.1 Å². The average molecular weight is 235 g/mol. The van der Waals surface area contributed by atoms with Crippen molar-refractivity contribution in [3.05, 3.63) is 22.6 Å². The van der Waals surface area contributed by atoms with E-state index < -0.39 is 0 Å². The first-order chi connectivity index (χ1) is 8.29. The van der Waals surface area contributed by atoms with E-state index in [2.05, 4.69) is 22.0 Å². The molecule has 1 aromatic heterocycles. The fourth-order valence-electron chi connectivity index (χ4n) is 2.66. The van der Waals surface area contributed by atoms with Crippen molar-refractivity contribution in [3.8, 4) is 0 Å². The number of hydrogen-bond donors (Lipinski definition) is 1. The van der Waals surface area contributed by atoms with Crippen LogP contribution in [0.1, 0.15) is 39.0 Å². The van der Waals surface area contributed by atoms with Gasteiger partial charge in [-0.15, -0.1) is 0 Å². The summed E-state index contributed by atoms with van der Waals surface area (Å²) in [6, 6.07) is 1.65. The molecule has 94 valence electrons. The highest BCUT2D eigenvalue weighted by molar-refractivity contribution is 5.42. The molecule has 0 bridgehead atoms. The molecule has 1 atom stereocenters. The second kappa shape index (κ2) is 5.84. The summed E-state index contributed by atoms with van der Waals surface area (Å²) in [5.74, 6) is 0.861. The molecule has 2 heterocycles. The van der Waals surface area contributed by atoms with Crippen LogP contribution in [0.5, 0.6) is 0 Å². The number of aromatic amines is 1. The Kier molecular flexibility index (Phi) is 4.18. The molecule has 4 nitrogen and oxygen atoms in total. The maximum Gasteiger partial charge on any atom is 0.266 e. The molecule has 1 aromatic rings. The third kappa shape index (κ3) is 3.32. The molecule has 0 spiro atoms. The van der Waals surface area contributed by atoms with Crippen molar-refractivity contribution in [3.63, 3.8) is 0 Å². The summed E-state index contributed by atoms with van der Waals surface area (Å²) in [4.78, 5) is 13.5. The van der Waals surface area contributed by atoms with Gasteiger partial charge in [0.15, 0.2) is 0 Å². The van der Waals surface area contributed by atoms with E-state index in [-0.39, 0.29) is 5.56 Å². The van der Waals surface area contributed by atoms with Crippen LogP contribution in [-0.4, -0.2) is 23.3 Å². The van der Waals surface area contributed by atoms with Gasteiger partial charge in [-0.1, -0.05) is 19.8 Å². The van der Waals surface area contributed by atoms with E-state index in [1.807, 2.05) is 0 Å². The Balaban J connectivity index is 2.01. The van der Waals surface area contributed by atoms with E-state index in [0.717, 1.165) is 24.7 Å². The van der Waals surface area contributed by atoms with Crippen LogP contribution in [0.4, 0.5) is 5.69 Å². The van der Waals surface area contributed by atoms with Gasteiger partial charge in [0.25, 0.3) is 5.56 Å². The normalized spacial score (nSPS) is 21.2. The fourth-order valence-corrected chi connectivity index (χ4v) is 2.66. The molecule has 0 aromatic carbocycles. The van der Waals surface area contributed by atoms with E-state index in [9.17, 15) is 4.79 Å². The molecule has 1 fully saturated rings. The van der Waals surface area contributed by atoms with Crippen LogP contribution in [0.2, 0.25) is 0 Å². The Labute approximate surface area is 102 Å². The molecule has 1 saturated heterocycles. The van der Waals surface area contributed by atoms with Gasteiger partial charge in [-0.2, -0.15) is 5.10 Å². The minimum Gasteiger partial charge on any atom is -0.370 e. The number of nitrogens with zero attached hydrogens (tertiary/aromatic N) is 2. The Hall–Kier alpha value is -1.32. The van der Waals surface area contributed by atoms with E-state index in [4.69, 9.17) is 0 Å². The zero-order valence-corrected chi connectivity index (χ0v) is 10.5. The van der Waals surface area contributed by atoms with Gasteiger partial charge in [-0.25, -0.2) is 5.10 Å². The van der Waals surface area contributed by atoms with E-state index in [0.29, 0.717) is 0 Å². The zero-order valence-electron chi connectivity index (χ0n) is 10.5. The molecule has 1 unspecified atom stereocenters. The number of H-pyrrole nitrogens is 1. The van der Waals surface area contributed by atoms with Gasteiger partial charge in [-0.3, -0.25) is 4.79 Å². The first-order valence-corrected chi connectivity index (χ1v) is 6.59.